The Kier molecular flexibility index (Phi) is 1.69. The number of benzene rings is 1. The molecular formula is C11H6OS2. The highest BCUT2D eigenvalue weighted by atomic mass is 32.2. The first-order valence-electron chi connectivity index (χ1n) is 4.25. The van der Waals surface area contributed by atoms with Gasteiger partial charge in [-0.15, -0.1) is 22.7 Å². The summed E-state index contributed by atoms with van der Waals surface area (Å²) >= 11 is 3.33. The third-order valence-electron chi connectivity index (χ3n) is 2.21. The molecule has 0 aliphatic rings. The van der Waals surface area contributed by atoms with Gasteiger partial charge >= 0.3 is 0 Å². The van der Waals surface area contributed by atoms with Crippen molar-refractivity contribution in [3.63, 3.8) is 0 Å². The Morgan fingerprint density at radius 1 is 1.00 bits per heavy atom. The van der Waals surface area contributed by atoms with E-state index in [1.54, 1.807) is 22.7 Å². The lowest BCUT2D eigenvalue weighted by molar-refractivity contribution is 1.78. The van der Waals surface area contributed by atoms with E-state index in [2.05, 4.69) is 0 Å². The first-order valence-corrected chi connectivity index (χ1v) is 5.95. The van der Waals surface area contributed by atoms with E-state index in [0.717, 1.165) is 19.5 Å². The van der Waals surface area contributed by atoms with Crippen molar-refractivity contribution in [1.82, 2.24) is 0 Å². The predicted molar refractivity (Wildman–Crippen MR) is 63.5 cm³/mol. The van der Waals surface area contributed by atoms with Gasteiger partial charge in [0, 0.05) is 10.1 Å². The summed E-state index contributed by atoms with van der Waals surface area (Å²) in [7, 11) is 0. The molecule has 0 fully saturated rings. The third-order valence-corrected chi connectivity index (χ3v) is 4.43. The molecule has 0 aliphatic carbocycles. The molecule has 3 rings (SSSR count). The molecule has 2 aromatic heterocycles. The van der Waals surface area contributed by atoms with Crippen LogP contribution in [0.3, 0.4) is 0 Å². The van der Waals surface area contributed by atoms with Crippen LogP contribution in [0.15, 0.2) is 40.5 Å². The van der Waals surface area contributed by atoms with E-state index in [1.165, 1.54) is 0 Å². The summed E-state index contributed by atoms with van der Waals surface area (Å²) in [6, 6.07) is 9.68. The fourth-order valence-corrected chi connectivity index (χ4v) is 3.66. The van der Waals surface area contributed by atoms with Crippen LogP contribution in [0.5, 0.6) is 0 Å². The van der Waals surface area contributed by atoms with Crippen molar-refractivity contribution in [2.24, 2.45) is 0 Å². The molecule has 0 aliphatic heterocycles. The quantitative estimate of drug-likeness (QED) is 0.564. The molecule has 0 bridgehead atoms. The smallest absolute Gasteiger partial charge is 0.196 e. The number of fused-ring (bicyclic) bond motifs is 2. The molecule has 0 amide bonds. The summed E-state index contributed by atoms with van der Waals surface area (Å²) in [6.07, 6.45) is 0. The van der Waals surface area contributed by atoms with Gasteiger partial charge < -0.3 is 0 Å². The van der Waals surface area contributed by atoms with Crippen molar-refractivity contribution in [2.45, 2.75) is 0 Å². The number of hydrogen-bond donors (Lipinski definition) is 0. The van der Waals surface area contributed by atoms with Gasteiger partial charge in [-0.05, 0) is 23.6 Å². The van der Waals surface area contributed by atoms with Crippen LogP contribution in [-0.2, 0) is 0 Å². The predicted octanol–water partition coefficient (Wildman–Crippen LogP) is 3.48. The summed E-state index contributed by atoms with van der Waals surface area (Å²) in [6.45, 7) is 0. The van der Waals surface area contributed by atoms with Gasteiger partial charge in [0.25, 0.3) is 0 Å². The molecule has 68 valence electrons. The average molecular weight is 218 g/mol. The van der Waals surface area contributed by atoms with E-state index in [0.29, 0.717) is 0 Å². The molecule has 2 heterocycles. The van der Waals surface area contributed by atoms with Crippen molar-refractivity contribution in [3.05, 3.63) is 45.9 Å². The average Bonchev–Trinajstić information content (AvgIpc) is 2.66. The molecule has 0 spiro atoms. The van der Waals surface area contributed by atoms with Gasteiger partial charge in [0.05, 0.1) is 9.40 Å². The minimum atomic E-state index is 0.163. The van der Waals surface area contributed by atoms with Gasteiger partial charge in [0.2, 0.25) is 0 Å². The van der Waals surface area contributed by atoms with Crippen LogP contribution in [0.4, 0.5) is 0 Å². The highest BCUT2D eigenvalue weighted by Gasteiger charge is 2.05. The molecule has 0 saturated carbocycles. The van der Waals surface area contributed by atoms with E-state index < -0.39 is 0 Å². The van der Waals surface area contributed by atoms with Crippen LogP contribution >= 0.6 is 22.7 Å². The Hall–Kier alpha value is -1.19. The molecule has 3 heteroatoms. The van der Waals surface area contributed by atoms with Crippen LogP contribution < -0.4 is 5.43 Å². The number of hydrogen-bond acceptors (Lipinski definition) is 3. The lowest BCUT2D eigenvalue weighted by atomic mass is 10.2. The maximum Gasteiger partial charge on any atom is 0.196 e. The van der Waals surface area contributed by atoms with Crippen LogP contribution in [0.1, 0.15) is 0 Å². The first kappa shape index (κ1) is 8.15. The lowest BCUT2D eigenvalue weighted by Gasteiger charge is -1.94. The van der Waals surface area contributed by atoms with Crippen molar-refractivity contribution >= 4 is 42.2 Å². The fraction of sp³-hybridized carbons (Fsp3) is 0. The zero-order chi connectivity index (χ0) is 9.54. The number of rotatable bonds is 0. The summed E-state index contributed by atoms with van der Waals surface area (Å²) < 4.78 is 2.20. The van der Waals surface area contributed by atoms with E-state index >= 15 is 0 Å². The van der Waals surface area contributed by atoms with Gasteiger partial charge in [0.15, 0.2) is 5.43 Å². The van der Waals surface area contributed by atoms with Gasteiger partial charge in [-0.2, -0.15) is 0 Å². The Morgan fingerprint density at radius 3 is 2.79 bits per heavy atom. The van der Waals surface area contributed by atoms with Crippen molar-refractivity contribution in [1.29, 1.82) is 0 Å². The second-order valence-electron chi connectivity index (χ2n) is 3.05. The summed E-state index contributed by atoms with van der Waals surface area (Å²) in [5.41, 5.74) is 0.163. The van der Waals surface area contributed by atoms with Gasteiger partial charge in [-0.25, -0.2) is 0 Å². The van der Waals surface area contributed by atoms with Crippen LogP contribution in [0, 0.1) is 0 Å². The zero-order valence-corrected chi connectivity index (χ0v) is 8.82. The van der Waals surface area contributed by atoms with Crippen LogP contribution in [-0.4, -0.2) is 0 Å². The maximum absolute atomic E-state index is 12.0. The summed E-state index contributed by atoms with van der Waals surface area (Å²) in [4.78, 5) is 12.0. The molecule has 14 heavy (non-hydrogen) atoms. The summed E-state index contributed by atoms with van der Waals surface area (Å²) in [5, 5.41) is 3.67. The van der Waals surface area contributed by atoms with Gasteiger partial charge in [0.1, 0.15) is 0 Å². The Morgan fingerprint density at radius 2 is 1.86 bits per heavy atom. The Balaban J connectivity index is 2.70. The topological polar surface area (TPSA) is 17.1 Å². The van der Waals surface area contributed by atoms with Crippen molar-refractivity contribution in [3.8, 4) is 0 Å². The van der Waals surface area contributed by atoms with Crippen LogP contribution in [0.25, 0.3) is 19.5 Å². The number of thiophene rings is 1. The summed E-state index contributed by atoms with van der Waals surface area (Å²) in [5.74, 6) is 0. The molecule has 0 unspecified atom stereocenters. The molecule has 1 aromatic carbocycles. The van der Waals surface area contributed by atoms with E-state index in [1.807, 2.05) is 35.7 Å². The normalized spacial score (nSPS) is 11.1. The molecule has 0 saturated heterocycles. The second-order valence-corrected chi connectivity index (χ2v) is 5.28. The van der Waals surface area contributed by atoms with Gasteiger partial charge in [-0.3, -0.25) is 4.79 Å². The zero-order valence-electron chi connectivity index (χ0n) is 7.19. The van der Waals surface area contributed by atoms with Gasteiger partial charge in [-0.1, -0.05) is 12.1 Å². The molecule has 0 atom stereocenters. The molecule has 3 aromatic rings. The molecule has 1 nitrogen and oxygen atoms in total. The highest BCUT2D eigenvalue weighted by molar-refractivity contribution is 7.40. The molecular weight excluding hydrogens is 212 g/mol. The SMILES string of the molecule is O=c1c2ccccc2sc2sccc12. The maximum atomic E-state index is 12.0. The monoisotopic (exact) mass is 218 g/mol. The van der Waals surface area contributed by atoms with E-state index in [4.69, 9.17) is 0 Å². The standard InChI is InChI=1S/C11H6OS2/c12-10-7-3-1-2-4-9(7)14-11-8(10)5-6-13-11/h1-6H. The van der Waals surface area contributed by atoms with Crippen molar-refractivity contribution in [2.75, 3.05) is 0 Å². The molecule has 0 radical (unpaired) electrons. The Labute approximate surface area is 88.2 Å². The third kappa shape index (κ3) is 1.03. The second kappa shape index (κ2) is 2.90. The van der Waals surface area contributed by atoms with Crippen LogP contribution in [0.2, 0.25) is 0 Å². The first-order chi connectivity index (χ1) is 6.86. The minimum absolute atomic E-state index is 0.163. The Bertz CT molecular complexity index is 663. The lowest BCUT2D eigenvalue weighted by Crippen LogP contribution is -1.98. The van der Waals surface area contributed by atoms with E-state index in [9.17, 15) is 4.79 Å². The van der Waals surface area contributed by atoms with Crippen molar-refractivity contribution < 1.29 is 0 Å². The minimum Gasteiger partial charge on any atom is -0.288 e. The highest BCUT2D eigenvalue weighted by Crippen LogP contribution is 2.27. The van der Waals surface area contributed by atoms with E-state index in [-0.39, 0.29) is 5.43 Å². The largest absolute Gasteiger partial charge is 0.288 e. The fourth-order valence-electron chi connectivity index (χ4n) is 1.53. The molecule has 0 N–H and O–H groups in total.